The van der Waals surface area contributed by atoms with Crippen LogP contribution in [0.3, 0.4) is 0 Å². The van der Waals surface area contributed by atoms with Crippen molar-refractivity contribution < 1.29 is 13.5 Å². The lowest BCUT2D eigenvalue weighted by molar-refractivity contribution is 0.0303. The molecular formula is C14H19Cl2NO3S. The lowest BCUT2D eigenvalue weighted by Gasteiger charge is -2.26. The molecule has 118 valence electrons. The average molecular weight is 352 g/mol. The van der Waals surface area contributed by atoms with Crippen LogP contribution in [0.25, 0.3) is 0 Å². The van der Waals surface area contributed by atoms with Gasteiger partial charge in [-0.05, 0) is 31.0 Å². The summed E-state index contributed by atoms with van der Waals surface area (Å²) in [6.07, 6.45) is 5.26. The first-order valence-corrected chi connectivity index (χ1v) is 9.23. The minimum Gasteiger partial charge on any atom is -0.389 e. The highest BCUT2D eigenvalue weighted by Gasteiger charge is 2.30. The maximum atomic E-state index is 12.2. The molecule has 7 heteroatoms. The van der Waals surface area contributed by atoms with Crippen LogP contribution >= 0.6 is 23.2 Å². The van der Waals surface area contributed by atoms with Crippen molar-refractivity contribution in [1.82, 2.24) is 4.72 Å². The summed E-state index contributed by atoms with van der Waals surface area (Å²) in [7, 11) is -3.70. The Morgan fingerprint density at radius 2 is 1.71 bits per heavy atom. The van der Waals surface area contributed by atoms with Crippen LogP contribution in [0, 0.1) is 0 Å². The summed E-state index contributed by atoms with van der Waals surface area (Å²) in [6.45, 7) is 0.0234. The van der Waals surface area contributed by atoms with E-state index in [0.717, 1.165) is 25.7 Å². The molecule has 1 saturated carbocycles. The largest absolute Gasteiger partial charge is 0.389 e. The van der Waals surface area contributed by atoms with E-state index >= 15 is 0 Å². The quantitative estimate of drug-likeness (QED) is 0.817. The normalized spacial score (nSPS) is 19.2. The van der Waals surface area contributed by atoms with E-state index in [0.29, 0.717) is 17.9 Å². The maximum Gasteiger partial charge on any atom is 0.240 e. The molecular weight excluding hydrogens is 333 g/mol. The zero-order chi connectivity index (χ0) is 15.5. The van der Waals surface area contributed by atoms with Crippen LogP contribution in [0.4, 0.5) is 0 Å². The molecule has 0 saturated heterocycles. The van der Waals surface area contributed by atoms with Crippen LogP contribution < -0.4 is 4.72 Å². The SMILES string of the molecule is O=S(=O)(NCC1(O)CCCCCC1)c1ccc(Cl)c(Cl)c1. The van der Waals surface area contributed by atoms with Gasteiger partial charge in [0.2, 0.25) is 10.0 Å². The van der Waals surface area contributed by atoms with Crippen molar-refractivity contribution in [1.29, 1.82) is 0 Å². The molecule has 0 amide bonds. The fourth-order valence-corrected chi connectivity index (χ4v) is 4.03. The first-order valence-electron chi connectivity index (χ1n) is 7.00. The molecule has 0 unspecified atom stereocenters. The number of benzene rings is 1. The Bertz CT molecular complexity index is 596. The summed E-state index contributed by atoms with van der Waals surface area (Å²) in [4.78, 5) is 0.0501. The third-order valence-electron chi connectivity index (χ3n) is 3.83. The van der Waals surface area contributed by atoms with Crippen molar-refractivity contribution in [3.8, 4) is 0 Å². The zero-order valence-electron chi connectivity index (χ0n) is 11.6. The van der Waals surface area contributed by atoms with E-state index in [1.165, 1.54) is 18.2 Å². The van der Waals surface area contributed by atoms with Gasteiger partial charge in [0.1, 0.15) is 0 Å². The minimum atomic E-state index is -3.70. The molecule has 1 aromatic rings. The topological polar surface area (TPSA) is 66.4 Å². The lowest BCUT2D eigenvalue weighted by atomic mass is 9.95. The molecule has 1 fully saturated rings. The molecule has 0 spiro atoms. The molecule has 1 aliphatic rings. The monoisotopic (exact) mass is 351 g/mol. The van der Waals surface area contributed by atoms with Gasteiger partial charge in [0.15, 0.2) is 0 Å². The number of sulfonamides is 1. The zero-order valence-corrected chi connectivity index (χ0v) is 13.9. The van der Waals surface area contributed by atoms with Gasteiger partial charge in [-0.3, -0.25) is 0 Å². The van der Waals surface area contributed by atoms with Crippen LogP contribution in [0.1, 0.15) is 38.5 Å². The highest BCUT2D eigenvalue weighted by atomic mass is 35.5. The number of hydrogen-bond acceptors (Lipinski definition) is 3. The van der Waals surface area contributed by atoms with E-state index in [-0.39, 0.29) is 16.5 Å². The molecule has 0 aromatic heterocycles. The highest BCUT2D eigenvalue weighted by Crippen LogP contribution is 2.28. The van der Waals surface area contributed by atoms with Crippen molar-refractivity contribution in [3.63, 3.8) is 0 Å². The van der Waals surface area contributed by atoms with Gasteiger partial charge in [0, 0.05) is 6.54 Å². The first kappa shape index (κ1) is 17.0. The third-order valence-corrected chi connectivity index (χ3v) is 5.96. The van der Waals surface area contributed by atoms with Gasteiger partial charge in [-0.25, -0.2) is 13.1 Å². The number of nitrogens with one attached hydrogen (secondary N) is 1. The predicted molar refractivity (Wildman–Crippen MR) is 84.3 cm³/mol. The Balaban J connectivity index is 2.08. The lowest BCUT2D eigenvalue weighted by Crippen LogP contribution is -2.42. The van der Waals surface area contributed by atoms with E-state index in [4.69, 9.17) is 23.2 Å². The molecule has 1 aliphatic carbocycles. The molecule has 1 aromatic carbocycles. The van der Waals surface area contributed by atoms with Crippen molar-refractivity contribution in [2.75, 3.05) is 6.54 Å². The number of halogens is 2. The van der Waals surface area contributed by atoms with E-state index in [1.54, 1.807) is 0 Å². The second-order valence-electron chi connectivity index (χ2n) is 5.54. The van der Waals surface area contributed by atoms with Crippen LogP contribution in [-0.2, 0) is 10.0 Å². The molecule has 0 aliphatic heterocycles. The molecule has 0 bridgehead atoms. The van der Waals surface area contributed by atoms with Crippen LogP contribution in [0.5, 0.6) is 0 Å². The van der Waals surface area contributed by atoms with Gasteiger partial charge in [0.25, 0.3) is 0 Å². The number of rotatable bonds is 4. The van der Waals surface area contributed by atoms with Crippen molar-refractivity contribution >= 4 is 33.2 Å². The Hall–Kier alpha value is -0.330. The number of hydrogen-bond donors (Lipinski definition) is 2. The van der Waals surface area contributed by atoms with Gasteiger partial charge in [0.05, 0.1) is 20.5 Å². The smallest absolute Gasteiger partial charge is 0.240 e. The summed E-state index contributed by atoms with van der Waals surface area (Å²) in [5, 5.41) is 11.0. The van der Waals surface area contributed by atoms with Crippen LogP contribution in [-0.4, -0.2) is 25.7 Å². The van der Waals surface area contributed by atoms with Gasteiger partial charge in [-0.15, -0.1) is 0 Å². The summed E-state index contributed by atoms with van der Waals surface area (Å²) >= 11 is 11.6. The Morgan fingerprint density at radius 1 is 1.10 bits per heavy atom. The van der Waals surface area contributed by atoms with Crippen LogP contribution in [0.15, 0.2) is 23.1 Å². The van der Waals surface area contributed by atoms with E-state index in [9.17, 15) is 13.5 Å². The average Bonchev–Trinajstić information content (AvgIpc) is 2.65. The second-order valence-corrected chi connectivity index (χ2v) is 8.12. The minimum absolute atomic E-state index is 0.0234. The van der Waals surface area contributed by atoms with E-state index in [2.05, 4.69) is 4.72 Å². The van der Waals surface area contributed by atoms with Crippen molar-refractivity contribution in [2.24, 2.45) is 0 Å². The standard InChI is InChI=1S/C14H19Cl2NO3S/c15-12-6-5-11(9-13(12)16)21(19,20)17-10-14(18)7-3-1-2-4-8-14/h5-6,9,17-18H,1-4,7-8,10H2. The third kappa shape index (κ3) is 4.57. The molecule has 0 radical (unpaired) electrons. The Labute approximate surface area is 135 Å². The molecule has 2 rings (SSSR count). The van der Waals surface area contributed by atoms with Gasteiger partial charge in [-0.1, -0.05) is 48.9 Å². The number of aliphatic hydroxyl groups is 1. The second kappa shape index (κ2) is 6.84. The molecule has 4 nitrogen and oxygen atoms in total. The van der Waals surface area contributed by atoms with Gasteiger partial charge < -0.3 is 5.11 Å². The fraction of sp³-hybridized carbons (Fsp3) is 0.571. The fourth-order valence-electron chi connectivity index (χ4n) is 2.52. The first-order chi connectivity index (χ1) is 9.82. The summed E-state index contributed by atoms with van der Waals surface area (Å²) in [5.74, 6) is 0. The van der Waals surface area contributed by atoms with Gasteiger partial charge in [-0.2, -0.15) is 0 Å². The maximum absolute atomic E-state index is 12.2. The molecule has 21 heavy (non-hydrogen) atoms. The summed E-state index contributed by atoms with van der Waals surface area (Å²) in [6, 6.07) is 4.15. The van der Waals surface area contributed by atoms with Gasteiger partial charge >= 0.3 is 0 Å². The van der Waals surface area contributed by atoms with E-state index in [1.807, 2.05) is 0 Å². The molecule has 0 heterocycles. The van der Waals surface area contributed by atoms with E-state index < -0.39 is 15.6 Å². The highest BCUT2D eigenvalue weighted by molar-refractivity contribution is 7.89. The molecule has 0 atom stereocenters. The summed E-state index contributed by atoms with van der Waals surface area (Å²) in [5.41, 5.74) is -0.959. The van der Waals surface area contributed by atoms with Crippen molar-refractivity contribution in [3.05, 3.63) is 28.2 Å². The molecule has 2 N–H and O–H groups in total. The van der Waals surface area contributed by atoms with Crippen molar-refractivity contribution in [2.45, 2.75) is 49.0 Å². The van der Waals surface area contributed by atoms with Crippen LogP contribution in [0.2, 0.25) is 10.0 Å². The Kier molecular flexibility index (Phi) is 5.54. The predicted octanol–water partition coefficient (Wildman–Crippen LogP) is 3.36. The summed E-state index contributed by atoms with van der Waals surface area (Å²) < 4.78 is 27.0. The Morgan fingerprint density at radius 3 is 2.29 bits per heavy atom.